The van der Waals surface area contributed by atoms with Crippen LogP contribution in [0.3, 0.4) is 0 Å². The first-order valence-electron chi connectivity index (χ1n) is 9.12. The van der Waals surface area contributed by atoms with E-state index < -0.39 is 19.1 Å². The highest BCUT2D eigenvalue weighted by Gasteiger charge is 2.52. The van der Waals surface area contributed by atoms with Crippen molar-refractivity contribution in [3.8, 4) is 11.8 Å². The predicted octanol–water partition coefficient (Wildman–Crippen LogP) is 1.54. The van der Waals surface area contributed by atoms with E-state index in [1.54, 1.807) is 0 Å². The number of aromatic nitrogens is 4. The molecule has 3 fully saturated rings. The van der Waals surface area contributed by atoms with Crippen LogP contribution in [0.2, 0.25) is 0 Å². The molecule has 2 aromatic rings. The monoisotopic (exact) mass is 377 g/mol. The number of aromatic amines is 1. The number of aliphatic hydroxyl groups excluding tert-OH is 2. The van der Waals surface area contributed by atoms with E-state index in [0.29, 0.717) is 40.6 Å². The minimum atomic E-state index is -2.45. The zero-order valence-corrected chi connectivity index (χ0v) is 14.6. The first-order valence-corrected chi connectivity index (χ1v) is 9.12. The molecule has 0 spiro atoms. The van der Waals surface area contributed by atoms with Crippen LogP contribution in [0.5, 0.6) is 0 Å². The maximum atomic E-state index is 12.2. The van der Waals surface area contributed by atoms with Gasteiger partial charge in [0, 0.05) is 5.92 Å². The van der Waals surface area contributed by atoms with E-state index in [1.807, 2.05) is 0 Å². The van der Waals surface area contributed by atoms with Crippen molar-refractivity contribution < 1.29 is 19.0 Å². The first kappa shape index (κ1) is 18.1. The number of H-pyrrole nitrogens is 1. The quantitative estimate of drug-likeness (QED) is 0.605. The third-order valence-electron chi connectivity index (χ3n) is 5.03. The van der Waals surface area contributed by atoms with Gasteiger partial charge in [0.1, 0.15) is 5.52 Å². The van der Waals surface area contributed by atoms with Gasteiger partial charge in [-0.2, -0.15) is 4.98 Å². The van der Waals surface area contributed by atoms with Crippen molar-refractivity contribution in [2.45, 2.75) is 44.3 Å². The summed E-state index contributed by atoms with van der Waals surface area (Å²) in [6.07, 6.45) is 2.41. The van der Waals surface area contributed by atoms with Gasteiger partial charge in [0.05, 0.1) is 25.1 Å². The number of nitrogens with one attached hydrogen (secondary N) is 2. The second-order valence-electron chi connectivity index (χ2n) is 7.27. The van der Waals surface area contributed by atoms with Gasteiger partial charge in [0.15, 0.2) is 11.5 Å². The van der Waals surface area contributed by atoms with Gasteiger partial charge < -0.3 is 20.5 Å². The summed E-state index contributed by atoms with van der Waals surface area (Å²) in [5.41, 5.74) is 0.935. The summed E-state index contributed by atoms with van der Waals surface area (Å²) in [6.45, 7) is -0.472. The fourth-order valence-corrected chi connectivity index (χ4v) is 3.28. The smallest absolute Gasteiger partial charge is 0.255 e. The number of fused-ring (bicyclic) bond motifs is 2. The van der Waals surface area contributed by atoms with Crippen LogP contribution < -0.4 is 5.32 Å². The van der Waals surface area contributed by atoms with Crippen LogP contribution in [-0.2, 0) is 0 Å². The molecule has 0 amide bonds. The van der Waals surface area contributed by atoms with Crippen molar-refractivity contribution in [1.82, 2.24) is 19.9 Å². The topological polar surface area (TPSA) is 107 Å². The number of halogens is 2. The summed E-state index contributed by atoms with van der Waals surface area (Å²) < 4.78 is 24.5. The molecule has 2 aromatic heterocycles. The van der Waals surface area contributed by atoms with Crippen LogP contribution in [0.25, 0.3) is 11.2 Å². The van der Waals surface area contributed by atoms with Crippen molar-refractivity contribution in [2.75, 3.05) is 11.9 Å². The second-order valence-corrected chi connectivity index (χ2v) is 7.27. The second kappa shape index (κ2) is 7.37. The number of nitrogens with zero attached hydrogens (tertiary/aromatic N) is 3. The molecule has 3 aliphatic rings. The van der Waals surface area contributed by atoms with Gasteiger partial charge in [-0.15, -0.1) is 0 Å². The standard InChI is InChI=1S/C12H11F2N5.C6H10O2/c13-8(14)5-15-11-10-12(17-6-16-10)19-9(18-11)4-3-7-1-2-7;7-5-2-3-1-4(3)6(5)8/h6-8H,1-2,5H2,(H2,15,16,17,18,19);3-8H,1-2H2. The lowest BCUT2D eigenvalue weighted by atomic mass is 10.2. The molecule has 0 aliphatic heterocycles. The maximum absolute atomic E-state index is 12.2. The molecule has 3 saturated carbocycles. The Hall–Kier alpha value is -2.31. The van der Waals surface area contributed by atoms with Crippen LogP contribution in [0.4, 0.5) is 14.6 Å². The zero-order valence-electron chi connectivity index (χ0n) is 14.6. The van der Waals surface area contributed by atoms with E-state index in [4.69, 9.17) is 10.2 Å². The van der Waals surface area contributed by atoms with Gasteiger partial charge in [-0.25, -0.2) is 18.7 Å². The summed E-state index contributed by atoms with van der Waals surface area (Å²) in [6, 6.07) is 0. The van der Waals surface area contributed by atoms with E-state index >= 15 is 0 Å². The Morgan fingerprint density at radius 3 is 2.67 bits per heavy atom. The van der Waals surface area contributed by atoms with Crippen molar-refractivity contribution in [3.63, 3.8) is 0 Å². The molecule has 4 N–H and O–H groups in total. The molecular weight excluding hydrogens is 356 g/mol. The molecular formula is C18H21F2N5O2. The van der Waals surface area contributed by atoms with Crippen LogP contribution in [0.1, 0.15) is 31.5 Å². The molecule has 0 saturated heterocycles. The molecule has 27 heavy (non-hydrogen) atoms. The molecule has 2 heterocycles. The molecule has 5 rings (SSSR count). The molecule has 4 unspecified atom stereocenters. The number of imidazole rings is 1. The minimum absolute atomic E-state index is 0.308. The fraction of sp³-hybridized carbons (Fsp3) is 0.611. The molecule has 0 radical (unpaired) electrons. The third kappa shape index (κ3) is 4.34. The van der Waals surface area contributed by atoms with Crippen molar-refractivity contribution >= 4 is 17.0 Å². The van der Waals surface area contributed by atoms with Gasteiger partial charge in [-0.3, -0.25) is 0 Å². The van der Waals surface area contributed by atoms with Crippen molar-refractivity contribution in [1.29, 1.82) is 0 Å². The highest BCUT2D eigenvalue weighted by Crippen LogP contribution is 2.51. The van der Waals surface area contributed by atoms with Crippen LogP contribution in [0, 0.1) is 29.6 Å². The minimum Gasteiger partial charge on any atom is -0.390 e. The number of hydrogen-bond donors (Lipinski definition) is 4. The van der Waals surface area contributed by atoms with E-state index in [-0.39, 0.29) is 6.10 Å². The normalized spacial score (nSPS) is 28.2. The summed E-state index contributed by atoms with van der Waals surface area (Å²) in [4.78, 5) is 15.1. The lowest BCUT2D eigenvalue weighted by Crippen LogP contribution is -2.22. The summed E-state index contributed by atoms with van der Waals surface area (Å²) >= 11 is 0. The van der Waals surface area contributed by atoms with E-state index in [2.05, 4.69) is 37.1 Å². The van der Waals surface area contributed by atoms with Gasteiger partial charge in [0.2, 0.25) is 5.82 Å². The van der Waals surface area contributed by atoms with E-state index in [0.717, 1.165) is 25.7 Å². The Balaban J connectivity index is 0.000000186. The Kier molecular flexibility index (Phi) is 4.93. The van der Waals surface area contributed by atoms with Crippen LogP contribution in [-0.4, -0.2) is 55.3 Å². The molecule has 4 atom stereocenters. The third-order valence-corrected chi connectivity index (χ3v) is 5.03. The number of hydrogen-bond acceptors (Lipinski definition) is 6. The SMILES string of the molecule is FC(F)CNc1nc(C#CC2CC2)nc2nc[nH]c12.OC1CC2CC2C1O. The average molecular weight is 377 g/mol. The van der Waals surface area contributed by atoms with Gasteiger partial charge in [-0.1, -0.05) is 5.92 Å². The number of aliphatic hydroxyl groups is 2. The number of anilines is 1. The Morgan fingerprint density at radius 1 is 1.26 bits per heavy atom. The summed E-state index contributed by atoms with van der Waals surface area (Å²) in [7, 11) is 0. The molecule has 144 valence electrons. The zero-order chi connectivity index (χ0) is 19.0. The summed E-state index contributed by atoms with van der Waals surface area (Å²) in [5, 5.41) is 20.6. The first-order chi connectivity index (χ1) is 13.0. The molecule has 7 nitrogen and oxygen atoms in total. The highest BCUT2D eigenvalue weighted by molar-refractivity contribution is 5.82. The van der Waals surface area contributed by atoms with Gasteiger partial charge in [-0.05, 0) is 43.4 Å². The lowest BCUT2D eigenvalue weighted by Gasteiger charge is -2.08. The van der Waals surface area contributed by atoms with Crippen LogP contribution in [0.15, 0.2) is 6.33 Å². The molecule has 0 bridgehead atoms. The van der Waals surface area contributed by atoms with Crippen molar-refractivity contribution in [3.05, 3.63) is 12.2 Å². The fourth-order valence-electron chi connectivity index (χ4n) is 3.28. The van der Waals surface area contributed by atoms with Gasteiger partial charge >= 0.3 is 0 Å². The predicted molar refractivity (Wildman–Crippen MR) is 94.0 cm³/mol. The van der Waals surface area contributed by atoms with E-state index in [9.17, 15) is 8.78 Å². The van der Waals surface area contributed by atoms with Gasteiger partial charge in [0.25, 0.3) is 6.43 Å². The Morgan fingerprint density at radius 2 is 2.07 bits per heavy atom. The lowest BCUT2D eigenvalue weighted by molar-refractivity contribution is 0.0252. The molecule has 9 heteroatoms. The summed E-state index contributed by atoms with van der Waals surface area (Å²) in [5.74, 6) is 8.07. The number of rotatable bonds is 3. The maximum Gasteiger partial charge on any atom is 0.255 e. The van der Waals surface area contributed by atoms with Crippen molar-refractivity contribution in [2.24, 2.45) is 17.8 Å². The van der Waals surface area contributed by atoms with Crippen LogP contribution >= 0.6 is 0 Å². The molecule has 3 aliphatic carbocycles. The Bertz CT molecular complexity index is 871. The van der Waals surface area contributed by atoms with E-state index in [1.165, 1.54) is 6.33 Å². The Labute approximate surface area is 154 Å². The largest absolute Gasteiger partial charge is 0.390 e. The highest BCUT2D eigenvalue weighted by atomic mass is 19.3. The average Bonchev–Trinajstić information content (AvgIpc) is 3.54. The molecule has 0 aromatic carbocycles. The number of alkyl halides is 2.